The first-order chi connectivity index (χ1) is 8.69. The Labute approximate surface area is 111 Å². The molecule has 0 aromatic carbocycles. The molecule has 2 aromatic rings. The van der Waals surface area contributed by atoms with Gasteiger partial charge in [-0.25, -0.2) is 0 Å². The average molecular weight is 265 g/mol. The van der Waals surface area contributed by atoms with E-state index in [1.54, 1.807) is 11.3 Å². The maximum atomic E-state index is 5.77. The standard InChI is InChI=1S/C13H19N3OS/c1-9(2)6-10(8-14)13-15-12(16-17-13)7-11-4-3-5-18-11/h3-5,9-10H,6-8,14H2,1-2H3. The summed E-state index contributed by atoms with van der Waals surface area (Å²) in [5.41, 5.74) is 5.77. The van der Waals surface area contributed by atoms with Crippen molar-refractivity contribution in [2.75, 3.05) is 6.54 Å². The van der Waals surface area contributed by atoms with Gasteiger partial charge in [0.05, 0.1) is 5.92 Å². The molecule has 0 bridgehead atoms. The van der Waals surface area contributed by atoms with Crippen molar-refractivity contribution in [2.45, 2.75) is 32.6 Å². The number of nitrogens with two attached hydrogens (primary N) is 1. The van der Waals surface area contributed by atoms with Gasteiger partial charge < -0.3 is 10.3 Å². The number of rotatable bonds is 6. The molecule has 5 heteroatoms. The Hall–Kier alpha value is -1.20. The molecule has 0 aliphatic heterocycles. The number of hydrogen-bond donors (Lipinski definition) is 1. The second-order valence-corrected chi connectivity index (χ2v) is 5.90. The summed E-state index contributed by atoms with van der Waals surface area (Å²) >= 11 is 1.71. The van der Waals surface area contributed by atoms with Crippen LogP contribution in [0.4, 0.5) is 0 Å². The van der Waals surface area contributed by atoms with Crippen LogP contribution in [0.3, 0.4) is 0 Å². The molecule has 0 radical (unpaired) electrons. The van der Waals surface area contributed by atoms with E-state index in [2.05, 4.69) is 35.4 Å². The SMILES string of the molecule is CC(C)CC(CN)c1nc(Cc2cccs2)no1. The first kappa shape index (κ1) is 13.2. The predicted molar refractivity (Wildman–Crippen MR) is 72.7 cm³/mol. The minimum atomic E-state index is 0.176. The summed E-state index contributed by atoms with van der Waals surface area (Å²) in [5, 5.41) is 6.09. The zero-order chi connectivity index (χ0) is 13.0. The van der Waals surface area contributed by atoms with E-state index in [0.717, 1.165) is 18.7 Å². The van der Waals surface area contributed by atoms with Crippen molar-refractivity contribution in [3.05, 3.63) is 34.1 Å². The summed E-state index contributed by atoms with van der Waals surface area (Å²) in [6.45, 7) is 4.90. The molecule has 2 rings (SSSR count). The molecule has 0 spiro atoms. The minimum absolute atomic E-state index is 0.176. The van der Waals surface area contributed by atoms with Gasteiger partial charge in [-0.2, -0.15) is 4.98 Å². The van der Waals surface area contributed by atoms with E-state index in [4.69, 9.17) is 10.3 Å². The van der Waals surface area contributed by atoms with Crippen LogP contribution in [0.5, 0.6) is 0 Å². The number of aromatic nitrogens is 2. The molecule has 0 fully saturated rings. The third-order valence-corrected chi connectivity index (χ3v) is 3.66. The lowest BCUT2D eigenvalue weighted by atomic mass is 9.97. The van der Waals surface area contributed by atoms with Crippen molar-refractivity contribution in [3.8, 4) is 0 Å². The van der Waals surface area contributed by atoms with Crippen LogP contribution in [0, 0.1) is 5.92 Å². The second-order valence-electron chi connectivity index (χ2n) is 4.87. The highest BCUT2D eigenvalue weighted by Gasteiger charge is 2.19. The van der Waals surface area contributed by atoms with E-state index < -0.39 is 0 Å². The third kappa shape index (κ3) is 3.40. The van der Waals surface area contributed by atoms with Crippen LogP contribution in [0.25, 0.3) is 0 Å². The molecule has 0 saturated heterocycles. The van der Waals surface area contributed by atoms with Gasteiger partial charge in [-0.15, -0.1) is 11.3 Å². The molecule has 0 saturated carbocycles. The van der Waals surface area contributed by atoms with Crippen molar-refractivity contribution in [2.24, 2.45) is 11.7 Å². The van der Waals surface area contributed by atoms with Crippen molar-refractivity contribution in [1.82, 2.24) is 10.1 Å². The molecule has 0 aliphatic carbocycles. The number of nitrogens with zero attached hydrogens (tertiary/aromatic N) is 2. The topological polar surface area (TPSA) is 64.9 Å². The van der Waals surface area contributed by atoms with E-state index >= 15 is 0 Å². The van der Waals surface area contributed by atoms with Crippen molar-refractivity contribution < 1.29 is 4.52 Å². The molecule has 4 nitrogen and oxygen atoms in total. The summed E-state index contributed by atoms with van der Waals surface area (Å²) in [6, 6.07) is 4.11. The molecule has 2 N–H and O–H groups in total. The fraction of sp³-hybridized carbons (Fsp3) is 0.538. The zero-order valence-electron chi connectivity index (χ0n) is 10.8. The Morgan fingerprint density at radius 1 is 1.44 bits per heavy atom. The van der Waals surface area contributed by atoms with Crippen molar-refractivity contribution >= 4 is 11.3 Å². The van der Waals surface area contributed by atoms with E-state index in [0.29, 0.717) is 18.4 Å². The molecule has 2 aromatic heterocycles. The van der Waals surface area contributed by atoms with Crippen molar-refractivity contribution in [3.63, 3.8) is 0 Å². The van der Waals surface area contributed by atoms with Gasteiger partial charge in [0.2, 0.25) is 5.89 Å². The first-order valence-corrected chi connectivity index (χ1v) is 7.12. The number of thiophene rings is 1. The first-order valence-electron chi connectivity index (χ1n) is 6.24. The monoisotopic (exact) mass is 265 g/mol. The van der Waals surface area contributed by atoms with E-state index in [9.17, 15) is 0 Å². The normalized spacial score (nSPS) is 13.1. The summed E-state index contributed by atoms with van der Waals surface area (Å²) in [7, 11) is 0. The molecule has 2 heterocycles. The molecule has 1 unspecified atom stereocenters. The van der Waals surface area contributed by atoms with Gasteiger partial charge in [-0.1, -0.05) is 25.1 Å². The third-order valence-electron chi connectivity index (χ3n) is 2.79. The number of hydrogen-bond acceptors (Lipinski definition) is 5. The Bertz CT molecular complexity index is 464. The highest BCUT2D eigenvalue weighted by Crippen LogP contribution is 2.22. The lowest BCUT2D eigenvalue weighted by Gasteiger charge is -2.11. The predicted octanol–water partition coefficient (Wildman–Crippen LogP) is 2.81. The quantitative estimate of drug-likeness (QED) is 0.872. The fourth-order valence-electron chi connectivity index (χ4n) is 1.94. The van der Waals surface area contributed by atoms with Gasteiger partial charge in [-0.3, -0.25) is 0 Å². The van der Waals surface area contributed by atoms with E-state index in [1.807, 2.05) is 6.07 Å². The molecular weight excluding hydrogens is 246 g/mol. The highest BCUT2D eigenvalue weighted by atomic mass is 32.1. The Morgan fingerprint density at radius 2 is 2.28 bits per heavy atom. The van der Waals surface area contributed by atoms with Gasteiger partial charge in [0.25, 0.3) is 0 Å². The van der Waals surface area contributed by atoms with Crippen LogP contribution < -0.4 is 5.73 Å². The largest absolute Gasteiger partial charge is 0.339 e. The van der Waals surface area contributed by atoms with Crippen LogP contribution in [-0.2, 0) is 6.42 Å². The van der Waals surface area contributed by atoms with Crippen LogP contribution in [0.2, 0.25) is 0 Å². The van der Waals surface area contributed by atoms with Crippen LogP contribution in [0.1, 0.15) is 42.8 Å². The van der Waals surface area contributed by atoms with Gasteiger partial charge in [0, 0.05) is 17.8 Å². The van der Waals surface area contributed by atoms with Crippen LogP contribution in [0.15, 0.2) is 22.0 Å². The molecule has 1 atom stereocenters. The lowest BCUT2D eigenvalue weighted by molar-refractivity contribution is 0.332. The summed E-state index contributed by atoms with van der Waals surface area (Å²) in [4.78, 5) is 5.70. The van der Waals surface area contributed by atoms with E-state index in [1.165, 1.54) is 4.88 Å². The second kappa shape index (κ2) is 6.11. The van der Waals surface area contributed by atoms with Crippen LogP contribution in [-0.4, -0.2) is 16.7 Å². The molecule has 0 amide bonds. The zero-order valence-corrected chi connectivity index (χ0v) is 11.6. The average Bonchev–Trinajstić information content (AvgIpc) is 2.98. The van der Waals surface area contributed by atoms with Gasteiger partial charge in [0.1, 0.15) is 0 Å². The highest BCUT2D eigenvalue weighted by molar-refractivity contribution is 7.09. The minimum Gasteiger partial charge on any atom is -0.339 e. The van der Waals surface area contributed by atoms with Gasteiger partial charge in [0.15, 0.2) is 5.82 Å². The Morgan fingerprint density at radius 3 is 2.89 bits per heavy atom. The van der Waals surface area contributed by atoms with Crippen LogP contribution >= 0.6 is 11.3 Å². The summed E-state index contributed by atoms with van der Waals surface area (Å²) < 4.78 is 5.33. The van der Waals surface area contributed by atoms with Gasteiger partial charge in [-0.05, 0) is 23.8 Å². The van der Waals surface area contributed by atoms with Gasteiger partial charge >= 0.3 is 0 Å². The Kier molecular flexibility index (Phi) is 4.49. The lowest BCUT2D eigenvalue weighted by Crippen LogP contribution is -2.15. The fourth-order valence-corrected chi connectivity index (χ4v) is 2.64. The maximum Gasteiger partial charge on any atom is 0.231 e. The molecule has 18 heavy (non-hydrogen) atoms. The smallest absolute Gasteiger partial charge is 0.231 e. The molecule has 0 aliphatic rings. The van der Waals surface area contributed by atoms with E-state index in [-0.39, 0.29) is 5.92 Å². The summed E-state index contributed by atoms with van der Waals surface area (Å²) in [6.07, 6.45) is 1.72. The summed E-state index contributed by atoms with van der Waals surface area (Å²) in [5.74, 6) is 2.17. The Balaban J connectivity index is 2.04. The molecule has 98 valence electrons. The molecular formula is C13H19N3OS. The maximum absolute atomic E-state index is 5.77. The van der Waals surface area contributed by atoms with Crippen molar-refractivity contribution in [1.29, 1.82) is 0 Å².